The fourth-order valence-corrected chi connectivity index (χ4v) is 3.42. The van der Waals surface area contributed by atoms with Gasteiger partial charge in [0.15, 0.2) is 0 Å². The van der Waals surface area contributed by atoms with Crippen molar-refractivity contribution in [2.75, 3.05) is 19.1 Å². The summed E-state index contributed by atoms with van der Waals surface area (Å²) in [6, 6.07) is 8.52. The van der Waals surface area contributed by atoms with E-state index in [2.05, 4.69) is 29.8 Å². The van der Waals surface area contributed by atoms with Gasteiger partial charge in [-0.2, -0.15) is 0 Å². The minimum atomic E-state index is -0.428. The van der Waals surface area contributed by atoms with Gasteiger partial charge in [-0.1, -0.05) is 12.1 Å². The lowest BCUT2D eigenvalue weighted by Crippen LogP contribution is -2.42. The van der Waals surface area contributed by atoms with Crippen LogP contribution < -0.4 is 4.90 Å². The maximum atomic E-state index is 14.8. The van der Waals surface area contributed by atoms with Gasteiger partial charge in [-0.05, 0) is 63.1 Å². The number of benzene rings is 2. The molecule has 0 saturated carbocycles. The van der Waals surface area contributed by atoms with E-state index in [0.29, 0.717) is 16.8 Å². The minimum Gasteiger partial charge on any atom is -0.465 e. The van der Waals surface area contributed by atoms with E-state index >= 15 is 0 Å². The molecule has 0 saturated heterocycles. The van der Waals surface area contributed by atoms with Crippen molar-refractivity contribution in [1.82, 2.24) is 0 Å². The number of carbonyl (C=O) groups excluding carboxylic acids is 1. The summed E-state index contributed by atoms with van der Waals surface area (Å²) in [5.74, 6) is -0.760. The Kier molecular flexibility index (Phi) is 5.11. The molecule has 4 nitrogen and oxygen atoms in total. The van der Waals surface area contributed by atoms with Crippen LogP contribution in [0.3, 0.4) is 0 Å². The number of halogens is 1. The first-order valence-corrected chi connectivity index (χ1v) is 9.14. The minimum absolute atomic E-state index is 0.176. The number of anilines is 1. The van der Waals surface area contributed by atoms with Gasteiger partial charge in [0.2, 0.25) is 0 Å². The summed E-state index contributed by atoms with van der Waals surface area (Å²) in [5, 5.41) is 0. The number of hydrogen-bond acceptors (Lipinski definition) is 4. The summed E-state index contributed by atoms with van der Waals surface area (Å²) >= 11 is 0. The standard InChI is InChI=1S/C23H25FN2O2/c1-14-7-8-16(22(27)28-6)10-20(14)25-13-17-9-18-15(2)12-23(3,4)26(5)21(18)11-19(17)24/h7-13H,1-6H3. The molecule has 1 heterocycles. The van der Waals surface area contributed by atoms with E-state index < -0.39 is 5.97 Å². The highest BCUT2D eigenvalue weighted by atomic mass is 19.1. The first kappa shape index (κ1) is 19.8. The van der Waals surface area contributed by atoms with Crippen LogP contribution in [-0.2, 0) is 4.74 Å². The maximum Gasteiger partial charge on any atom is 0.337 e. The molecule has 0 atom stereocenters. The molecule has 3 rings (SSSR count). The number of rotatable bonds is 3. The van der Waals surface area contributed by atoms with Crippen LogP contribution in [0.5, 0.6) is 0 Å². The molecule has 5 heteroatoms. The SMILES string of the molecule is COC(=O)c1ccc(C)c(N=Cc2cc3c(cc2F)N(C)C(C)(C)C=C3C)c1. The molecule has 28 heavy (non-hydrogen) atoms. The van der Waals surface area contributed by atoms with E-state index in [1.165, 1.54) is 13.3 Å². The first-order chi connectivity index (χ1) is 13.1. The summed E-state index contributed by atoms with van der Waals surface area (Å²) in [6.07, 6.45) is 3.68. The van der Waals surface area contributed by atoms with E-state index in [1.54, 1.807) is 24.3 Å². The Bertz CT molecular complexity index is 1010. The van der Waals surface area contributed by atoms with Crippen molar-refractivity contribution in [3.8, 4) is 0 Å². The van der Waals surface area contributed by atoms with Gasteiger partial charge in [-0.3, -0.25) is 4.99 Å². The van der Waals surface area contributed by atoms with Crippen LogP contribution in [0.4, 0.5) is 15.8 Å². The van der Waals surface area contributed by atoms with Crippen LogP contribution in [0.1, 0.15) is 47.8 Å². The van der Waals surface area contributed by atoms with Gasteiger partial charge in [0, 0.05) is 30.1 Å². The van der Waals surface area contributed by atoms with Crippen molar-refractivity contribution in [3.63, 3.8) is 0 Å². The molecule has 0 amide bonds. The largest absolute Gasteiger partial charge is 0.465 e. The second-order valence-electron chi connectivity index (χ2n) is 7.68. The highest BCUT2D eigenvalue weighted by Crippen LogP contribution is 2.38. The molecule has 0 unspecified atom stereocenters. The fourth-order valence-electron chi connectivity index (χ4n) is 3.42. The average molecular weight is 380 g/mol. The molecule has 0 spiro atoms. The number of methoxy groups -OCH3 is 1. The van der Waals surface area contributed by atoms with Gasteiger partial charge in [0.25, 0.3) is 0 Å². The van der Waals surface area contributed by atoms with Crippen molar-refractivity contribution in [3.05, 3.63) is 64.5 Å². The first-order valence-electron chi connectivity index (χ1n) is 9.14. The summed E-state index contributed by atoms with van der Waals surface area (Å²) in [5.41, 5.74) is 5.09. The van der Waals surface area contributed by atoms with Crippen LogP contribution in [-0.4, -0.2) is 31.9 Å². The average Bonchev–Trinajstić information content (AvgIpc) is 2.65. The predicted octanol–water partition coefficient (Wildman–Crippen LogP) is 5.30. The molecule has 0 radical (unpaired) electrons. The summed E-state index contributed by atoms with van der Waals surface area (Å²) in [4.78, 5) is 18.2. The van der Waals surface area contributed by atoms with Gasteiger partial charge in [-0.15, -0.1) is 0 Å². The van der Waals surface area contributed by atoms with Crippen molar-refractivity contribution in [1.29, 1.82) is 0 Å². The van der Waals surface area contributed by atoms with Crippen LogP contribution in [0.25, 0.3) is 5.57 Å². The van der Waals surface area contributed by atoms with Crippen molar-refractivity contribution >= 4 is 29.1 Å². The molecule has 2 aromatic rings. The number of carbonyl (C=O) groups is 1. The number of hydrogen-bond donors (Lipinski definition) is 0. The number of likely N-dealkylation sites (N-methyl/N-ethyl adjacent to an activating group) is 1. The van der Waals surface area contributed by atoms with Crippen LogP contribution in [0.2, 0.25) is 0 Å². The van der Waals surface area contributed by atoms with Crippen molar-refractivity contribution in [2.24, 2.45) is 4.99 Å². The Hall–Kier alpha value is -2.95. The number of aliphatic imine (C=N–C) groups is 1. The normalized spacial score (nSPS) is 15.4. The summed E-state index contributed by atoms with van der Waals surface area (Å²) in [6.45, 7) is 8.13. The van der Waals surface area contributed by atoms with Crippen LogP contribution >= 0.6 is 0 Å². The lowest BCUT2D eigenvalue weighted by atomic mass is 9.88. The van der Waals surface area contributed by atoms with Gasteiger partial charge >= 0.3 is 5.97 Å². The van der Waals surface area contributed by atoms with E-state index in [9.17, 15) is 9.18 Å². The number of aryl methyl sites for hydroxylation is 1. The van der Waals surface area contributed by atoms with Gasteiger partial charge in [0.1, 0.15) is 5.82 Å². The second kappa shape index (κ2) is 7.23. The third kappa shape index (κ3) is 3.57. The summed E-state index contributed by atoms with van der Waals surface area (Å²) < 4.78 is 19.5. The zero-order valence-electron chi connectivity index (χ0n) is 17.1. The third-order valence-corrected chi connectivity index (χ3v) is 5.31. The van der Waals surface area contributed by atoms with Gasteiger partial charge in [0.05, 0.1) is 23.9 Å². The number of fused-ring (bicyclic) bond motifs is 1. The smallest absolute Gasteiger partial charge is 0.337 e. The topological polar surface area (TPSA) is 41.9 Å². The number of esters is 1. The molecule has 0 N–H and O–H groups in total. The zero-order valence-corrected chi connectivity index (χ0v) is 17.1. The predicted molar refractivity (Wildman–Crippen MR) is 112 cm³/mol. The molecule has 1 aliphatic rings. The maximum absolute atomic E-state index is 14.8. The third-order valence-electron chi connectivity index (χ3n) is 5.31. The quantitative estimate of drug-likeness (QED) is 0.536. The Morgan fingerprint density at radius 2 is 1.93 bits per heavy atom. The molecular formula is C23H25FN2O2. The molecule has 0 bridgehead atoms. The molecule has 0 aliphatic carbocycles. The molecule has 0 aromatic heterocycles. The van der Waals surface area contributed by atoms with Crippen LogP contribution in [0.15, 0.2) is 41.4 Å². The Morgan fingerprint density at radius 1 is 1.21 bits per heavy atom. The Morgan fingerprint density at radius 3 is 2.61 bits per heavy atom. The van der Waals surface area contributed by atoms with Crippen LogP contribution in [0, 0.1) is 12.7 Å². The lowest BCUT2D eigenvalue weighted by molar-refractivity contribution is 0.0601. The molecule has 1 aliphatic heterocycles. The Balaban J connectivity index is 2.01. The lowest BCUT2D eigenvalue weighted by Gasteiger charge is -2.40. The highest BCUT2D eigenvalue weighted by Gasteiger charge is 2.29. The molecule has 0 fully saturated rings. The number of nitrogens with zero attached hydrogens (tertiary/aromatic N) is 2. The Labute approximate surface area is 165 Å². The highest BCUT2D eigenvalue weighted by molar-refractivity contribution is 5.92. The van der Waals surface area contributed by atoms with E-state index in [-0.39, 0.29) is 11.4 Å². The van der Waals surface area contributed by atoms with E-state index in [1.807, 2.05) is 27.0 Å². The molecular weight excluding hydrogens is 355 g/mol. The zero-order chi connectivity index (χ0) is 20.6. The monoisotopic (exact) mass is 380 g/mol. The fraction of sp³-hybridized carbons (Fsp3) is 0.304. The van der Waals surface area contributed by atoms with E-state index in [4.69, 9.17) is 4.74 Å². The number of allylic oxidation sites excluding steroid dienone is 1. The van der Waals surface area contributed by atoms with Crippen molar-refractivity contribution < 1.29 is 13.9 Å². The molecule has 146 valence electrons. The second-order valence-corrected chi connectivity index (χ2v) is 7.68. The summed E-state index contributed by atoms with van der Waals surface area (Å²) in [7, 11) is 3.30. The number of ether oxygens (including phenoxy) is 1. The van der Waals surface area contributed by atoms with Gasteiger partial charge in [-0.25, -0.2) is 9.18 Å². The van der Waals surface area contributed by atoms with Crippen molar-refractivity contribution in [2.45, 2.75) is 33.2 Å². The molecule has 2 aromatic carbocycles. The van der Waals surface area contributed by atoms with E-state index in [0.717, 1.165) is 22.4 Å². The van der Waals surface area contributed by atoms with Gasteiger partial charge < -0.3 is 9.64 Å².